The predicted octanol–water partition coefficient (Wildman–Crippen LogP) is 6.56. The molecule has 2 aromatic rings. The maximum atomic E-state index is 14.0. The number of rotatable bonds is 2. The highest BCUT2D eigenvalue weighted by molar-refractivity contribution is 5.84. The molecule has 2 saturated carbocycles. The first-order valence-electron chi connectivity index (χ1n) is 9.81. The fourth-order valence-corrected chi connectivity index (χ4v) is 5.29. The van der Waals surface area contributed by atoms with Crippen molar-refractivity contribution in [2.45, 2.75) is 57.8 Å². The monoisotopic (exact) mass is 335 g/mol. The zero-order chi connectivity index (χ0) is 17.4. The first kappa shape index (κ1) is 16.6. The zero-order valence-corrected chi connectivity index (χ0v) is 15.0. The number of hydrogen-bond acceptors (Lipinski definition) is 1. The van der Waals surface area contributed by atoms with Crippen molar-refractivity contribution in [2.75, 3.05) is 0 Å². The second-order valence-electron chi connectivity index (χ2n) is 8.17. The van der Waals surface area contributed by atoms with Crippen LogP contribution in [-0.2, 0) is 0 Å². The minimum Gasteiger partial charge on any atom is -0.206 e. The molecule has 0 radical (unpaired) electrons. The van der Waals surface area contributed by atoms with E-state index in [1.165, 1.54) is 56.6 Å². The van der Waals surface area contributed by atoms with Gasteiger partial charge >= 0.3 is 0 Å². The Labute approximate surface area is 149 Å². The molecule has 2 aliphatic carbocycles. The average molecular weight is 335 g/mol. The van der Waals surface area contributed by atoms with Crippen LogP contribution in [0.5, 0.6) is 0 Å². The Balaban J connectivity index is 1.55. The van der Waals surface area contributed by atoms with Crippen LogP contribution in [0, 0.1) is 34.9 Å². The van der Waals surface area contributed by atoms with Crippen LogP contribution in [0.2, 0.25) is 0 Å². The highest BCUT2D eigenvalue weighted by Crippen LogP contribution is 2.48. The molecule has 0 aliphatic heterocycles. The largest absolute Gasteiger partial charge is 0.206 e. The van der Waals surface area contributed by atoms with Gasteiger partial charge in [0.15, 0.2) is 0 Å². The van der Waals surface area contributed by atoms with Crippen molar-refractivity contribution < 1.29 is 4.39 Å². The van der Waals surface area contributed by atoms with Crippen LogP contribution < -0.4 is 0 Å². The summed E-state index contributed by atoms with van der Waals surface area (Å²) in [6, 6.07) is 11.5. The minimum atomic E-state index is -0.409. The number of fused-ring (bicyclic) bond motifs is 2. The van der Waals surface area contributed by atoms with Crippen molar-refractivity contribution in [2.24, 2.45) is 17.8 Å². The van der Waals surface area contributed by atoms with E-state index in [-0.39, 0.29) is 5.56 Å². The highest BCUT2D eigenvalue weighted by atomic mass is 19.1. The number of nitriles is 1. The molecular weight excluding hydrogens is 309 g/mol. The van der Waals surface area contributed by atoms with Gasteiger partial charge in [0.05, 0.1) is 5.56 Å². The summed E-state index contributed by atoms with van der Waals surface area (Å²) >= 11 is 0. The fourth-order valence-electron chi connectivity index (χ4n) is 5.29. The van der Waals surface area contributed by atoms with Gasteiger partial charge in [-0.05, 0) is 84.2 Å². The molecule has 130 valence electrons. The maximum absolute atomic E-state index is 14.0. The Hall–Kier alpha value is -1.88. The van der Waals surface area contributed by atoms with Crippen molar-refractivity contribution in [1.82, 2.24) is 0 Å². The van der Waals surface area contributed by atoms with Crippen LogP contribution in [0.25, 0.3) is 10.8 Å². The molecule has 4 rings (SSSR count). The molecule has 2 fully saturated rings. The molecule has 0 spiro atoms. The topological polar surface area (TPSA) is 23.8 Å². The van der Waals surface area contributed by atoms with Crippen LogP contribution in [0.4, 0.5) is 4.39 Å². The smallest absolute Gasteiger partial charge is 0.141 e. The van der Waals surface area contributed by atoms with Gasteiger partial charge in [-0.25, -0.2) is 4.39 Å². The highest BCUT2D eigenvalue weighted by Gasteiger charge is 2.35. The molecule has 0 aromatic heterocycles. The van der Waals surface area contributed by atoms with Crippen molar-refractivity contribution in [3.05, 3.63) is 47.3 Å². The molecule has 2 aromatic carbocycles. The molecule has 4 atom stereocenters. The van der Waals surface area contributed by atoms with Gasteiger partial charge in [0, 0.05) is 0 Å². The van der Waals surface area contributed by atoms with E-state index in [0.717, 1.165) is 28.5 Å². The Kier molecular flexibility index (Phi) is 4.50. The predicted molar refractivity (Wildman–Crippen MR) is 99.8 cm³/mol. The number of hydrogen-bond donors (Lipinski definition) is 0. The van der Waals surface area contributed by atoms with Gasteiger partial charge in [0.1, 0.15) is 11.9 Å². The summed E-state index contributed by atoms with van der Waals surface area (Å²) in [6.07, 6.45) is 9.50. The third-order valence-corrected chi connectivity index (χ3v) is 6.84. The van der Waals surface area contributed by atoms with Crippen LogP contribution in [-0.4, -0.2) is 0 Å². The lowest BCUT2D eigenvalue weighted by Gasteiger charge is -2.42. The van der Waals surface area contributed by atoms with Crippen LogP contribution >= 0.6 is 0 Å². The van der Waals surface area contributed by atoms with E-state index in [1.54, 1.807) is 6.07 Å². The normalized spacial score (nSPS) is 29.2. The van der Waals surface area contributed by atoms with E-state index in [4.69, 9.17) is 5.26 Å². The summed E-state index contributed by atoms with van der Waals surface area (Å²) in [5.74, 6) is 2.98. The molecule has 25 heavy (non-hydrogen) atoms. The summed E-state index contributed by atoms with van der Waals surface area (Å²) in [5, 5.41) is 10.9. The first-order valence-corrected chi connectivity index (χ1v) is 9.81. The number of halogens is 1. The third kappa shape index (κ3) is 3.17. The standard InChI is InChI=1S/C23H26FN/c1-2-15-3-4-17-10-18(6-5-16(17)9-15)19-7-8-20-12-22(14-25)23(24)13-21(20)11-19/h7-8,11-13,15-18H,2-6,9-10H2,1H3. The summed E-state index contributed by atoms with van der Waals surface area (Å²) < 4.78 is 14.0. The lowest BCUT2D eigenvalue weighted by molar-refractivity contribution is 0.116. The number of benzene rings is 2. The quantitative estimate of drug-likeness (QED) is 0.609. The third-order valence-electron chi connectivity index (χ3n) is 6.84. The van der Waals surface area contributed by atoms with Crippen molar-refractivity contribution in [3.8, 4) is 6.07 Å². The van der Waals surface area contributed by atoms with E-state index in [0.29, 0.717) is 5.92 Å². The molecule has 0 N–H and O–H groups in total. The number of nitrogens with zero attached hydrogens (tertiary/aromatic N) is 1. The van der Waals surface area contributed by atoms with Gasteiger partial charge in [-0.15, -0.1) is 0 Å². The van der Waals surface area contributed by atoms with Crippen molar-refractivity contribution in [1.29, 1.82) is 5.26 Å². The van der Waals surface area contributed by atoms with Gasteiger partial charge in [-0.3, -0.25) is 0 Å². The van der Waals surface area contributed by atoms with E-state index in [1.807, 2.05) is 6.07 Å². The Morgan fingerprint density at radius 2 is 1.80 bits per heavy atom. The Bertz CT molecular complexity index is 819. The summed E-state index contributed by atoms with van der Waals surface area (Å²) in [5.41, 5.74) is 1.49. The lowest BCUT2D eigenvalue weighted by atomic mass is 9.63. The molecular formula is C23H26FN. The van der Waals surface area contributed by atoms with Gasteiger partial charge in [0.25, 0.3) is 0 Å². The van der Waals surface area contributed by atoms with Gasteiger partial charge in [-0.2, -0.15) is 5.26 Å². The average Bonchev–Trinajstić information content (AvgIpc) is 2.66. The van der Waals surface area contributed by atoms with Gasteiger partial charge in [0.2, 0.25) is 0 Å². The molecule has 2 heteroatoms. The van der Waals surface area contributed by atoms with E-state index in [9.17, 15) is 4.39 Å². The SMILES string of the molecule is CCC1CCC2CC(c3ccc4cc(C#N)c(F)cc4c3)CCC2C1. The molecule has 0 heterocycles. The summed E-state index contributed by atoms with van der Waals surface area (Å²) in [7, 11) is 0. The van der Waals surface area contributed by atoms with Crippen LogP contribution in [0.1, 0.15) is 68.9 Å². The van der Waals surface area contributed by atoms with E-state index >= 15 is 0 Å². The maximum Gasteiger partial charge on any atom is 0.141 e. The van der Waals surface area contributed by atoms with E-state index in [2.05, 4.69) is 25.1 Å². The Morgan fingerprint density at radius 3 is 2.60 bits per heavy atom. The fraction of sp³-hybridized carbons (Fsp3) is 0.522. The van der Waals surface area contributed by atoms with Crippen molar-refractivity contribution >= 4 is 10.8 Å². The van der Waals surface area contributed by atoms with Crippen LogP contribution in [0.3, 0.4) is 0 Å². The molecule has 0 amide bonds. The summed E-state index contributed by atoms with van der Waals surface area (Å²) in [6.45, 7) is 2.34. The van der Waals surface area contributed by atoms with Gasteiger partial charge in [-0.1, -0.05) is 38.0 Å². The van der Waals surface area contributed by atoms with E-state index < -0.39 is 5.82 Å². The summed E-state index contributed by atoms with van der Waals surface area (Å²) in [4.78, 5) is 0. The van der Waals surface area contributed by atoms with Gasteiger partial charge < -0.3 is 0 Å². The molecule has 4 unspecified atom stereocenters. The van der Waals surface area contributed by atoms with Crippen molar-refractivity contribution in [3.63, 3.8) is 0 Å². The molecule has 0 bridgehead atoms. The Morgan fingerprint density at radius 1 is 1.00 bits per heavy atom. The zero-order valence-electron chi connectivity index (χ0n) is 15.0. The van der Waals surface area contributed by atoms with Crippen LogP contribution in [0.15, 0.2) is 30.3 Å². The second kappa shape index (κ2) is 6.79. The molecule has 0 saturated heterocycles. The lowest BCUT2D eigenvalue weighted by Crippen LogP contribution is -2.30. The molecule has 2 aliphatic rings. The second-order valence-corrected chi connectivity index (χ2v) is 8.17. The first-order chi connectivity index (χ1) is 12.2. The minimum absolute atomic E-state index is 0.133. The molecule has 1 nitrogen and oxygen atoms in total.